The lowest BCUT2D eigenvalue weighted by atomic mass is 10.1. The molecule has 0 spiro atoms. The molecule has 0 aromatic heterocycles. The topological polar surface area (TPSA) is 55.6 Å². The number of benzene rings is 2. The maximum Gasteiger partial charge on any atom is 0.410 e. The molecule has 0 saturated heterocycles. The van der Waals surface area contributed by atoms with Crippen molar-refractivity contribution in [1.82, 2.24) is 4.90 Å². The van der Waals surface area contributed by atoms with E-state index in [0.29, 0.717) is 0 Å². The van der Waals surface area contributed by atoms with Crippen molar-refractivity contribution < 1.29 is 18.3 Å². The maximum atomic E-state index is 13.9. The highest BCUT2D eigenvalue weighted by Crippen LogP contribution is 2.20. The number of carbonyl (C=O) groups is 1. The number of nitrogens with zero attached hydrogens (tertiary/aromatic N) is 1. The Morgan fingerprint density at radius 3 is 2.52 bits per heavy atom. The third kappa shape index (κ3) is 5.79. The first-order valence-corrected chi connectivity index (χ1v) is 8.59. The van der Waals surface area contributed by atoms with Gasteiger partial charge in [0.15, 0.2) is 0 Å². The minimum Gasteiger partial charge on any atom is -0.445 e. The van der Waals surface area contributed by atoms with Crippen LogP contribution in [0.1, 0.15) is 11.1 Å². The maximum absolute atomic E-state index is 13.9. The molecule has 1 amide bonds. The third-order valence-electron chi connectivity index (χ3n) is 3.60. The summed E-state index contributed by atoms with van der Waals surface area (Å²) in [4.78, 5) is 13.6. The largest absolute Gasteiger partial charge is 0.445 e. The van der Waals surface area contributed by atoms with Gasteiger partial charge in [0, 0.05) is 19.6 Å². The molecule has 7 heteroatoms. The van der Waals surface area contributed by atoms with Crippen molar-refractivity contribution in [1.29, 1.82) is 0 Å². The Kier molecular flexibility index (Phi) is 7.33. The normalized spacial score (nSPS) is 10.6. The van der Waals surface area contributed by atoms with Crippen molar-refractivity contribution in [3.63, 3.8) is 0 Å². The molecular formula is C18H19BrF2N2O2. The lowest BCUT2D eigenvalue weighted by Gasteiger charge is -2.21. The van der Waals surface area contributed by atoms with Crippen LogP contribution in [0, 0.1) is 11.6 Å². The van der Waals surface area contributed by atoms with Crippen molar-refractivity contribution in [3.05, 3.63) is 69.7 Å². The molecule has 2 aromatic carbocycles. The first kappa shape index (κ1) is 19.3. The first-order chi connectivity index (χ1) is 12.0. The molecule has 0 heterocycles. The van der Waals surface area contributed by atoms with Crippen LogP contribution < -0.4 is 5.73 Å². The molecule has 0 saturated carbocycles. The van der Waals surface area contributed by atoms with Crippen LogP contribution in [0.3, 0.4) is 0 Å². The summed E-state index contributed by atoms with van der Waals surface area (Å²) in [7, 11) is 0. The standard InChI is InChI=1S/C18H19BrF2N2O2/c19-15-11-16(20)14(10-17(15)21)6-8-23(9-7-22)18(24)25-12-13-4-2-1-3-5-13/h1-5,10-11H,6-9,12,22H2. The van der Waals surface area contributed by atoms with Crippen molar-refractivity contribution in [2.45, 2.75) is 13.0 Å². The van der Waals surface area contributed by atoms with Crippen molar-refractivity contribution in [2.24, 2.45) is 5.73 Å². The minimum atomic E-state index is -0.548. The fourth-order valence-corrected chi connectivity index (χ4v) is 2.59. The van der Waals surface area contributed by atoms with Crippen molar-refractivity contribution in [2.75, 3.05) is 19.6 Å². The molecule has 0 aliphatic rings. The number of carbonyl (C=O) groups excluding carboxylic acids is 1. The molecule has 0 unspecified atom stereocenters. The van der Waals surface area contributed by atoms with E-state index in [1.807, 2.05) is 30.3 Å². The zero-order valence-electron chi connectivity index (χ0n) is 13.6. The molecular weight excluding hydrogens is 394 g/mol. The number of hydrogen-bond acceptors (Lipinski definition) is 3. The molecule has 2 aromatic rings. The molecule has 0 aliphatic heterocycles. The van der Waals surface area contributed by atoms with Crippen LogP contribution in [-0.4, -0.2) is 30.6 Å². The van der Waals surface area contributed by atoms with E-state index < -0.39 is 17.7 Å². The van der Waals surface area contributed by atoms with Gasteiger partial charge in [-0.05, 0) is 45.6 Å². The SMILES string of the molecule is NCCN(CCc1cc(F)c(Br)cc1F)C(=O)OCc1ccccc1. The second kappa shape index (κ2) is 9.48. The number of hydrogen-bond donors (Lipinski definition) is 1. The molecule has 0 radical (unpaired) electrons. The molecule has 25 heavy (non-hydrogen) atoms. The van der Waals surface area contributed by atoms with Gasteiger partial charge in [-0.2, -0.15) is 0 Å². The number of nitrogens with two attached hydrogens (primary N) is 1. The summed E-state index contributed by atoms with van der Waals surface area (Å²) in [5.74, 6) is -1.08. The number of halogens is 3. The predicted molar refractivity (Wildman–Crippen MR) is 95.0 cm³/mol. The first-order valence-electron chi connectivity index (χ1n) is 7.80. The van der Waals surface area contributed by atoms with Gasteiger partial charge in [0.05, 0.1) is 4.47 Å². The van der Waals surface area contributed by atoms with Gasteiger partial charge in [-0.1, -0.05) is 30.3 Å². The van der Waals surface area contributed by atoms with Gasteiger partial charge >= 0.3 is 6.09 Å². The highest BCUT2D eigenvalue weighted by atomic mass is 79.9. The third-order valence-corrected chi connectivity index (χ3v) is 4.21. The minimum absolute atomic E-state index is 0.0647. The van der Waals surface area contributed by atoms with Gasteiger partial charge in [-0.25, -0.2) is 13.6 Å². The molecule has 0 bridgehead atoms. The average Bonchev–Trinajstić information content (AvgIpc) is 2.61. The van der Waals surface area contributed by atoms with Crippen molar-refractivity contribution in [3.8, 4) is 0 Å². The highest BCUT2D eigenvalue weighted by Gasteiger charge is 2.16. The molecule has 134 valence electrons. The van der Waals surface area contributed by atoms with Gasteiger partial charge in [0.1, 0.15) is 18.2 Å². The molecule has 2 rings (SSSR count). The van der Waals surface area contributed by atoms with Crippen LogP contribution in [0.2, 0.25) is 0 Å². The lowest BCUT2D eigenvalue weighted by Crippen LogP contribution is -2.37. The highest BCUT2D eigenvalue weighted by molar-refractivity contribution is 9.10. The Labute approximate surface area is 153 Å². The van der Waals surface area contributed by atoms with E-state index in [9.17, 15) is 13.6 Å². The smallest absolute Gasteiger partial charge is 0.410 e. The fraction of sp³-hybridized carbons (Fsp3) is 0.278. The van der Waals surface area contributed by atoms with Gasteiger partial charge in [0.25, 0.3) is 0 Å². The van der Waals surface area contributed by atoms with Crippen LogP contribution in [0.4, 0.5) is 13.6 Å². The van der Waals surface area contributed by atoms with Crippen LogP contribution in [0.25, 0.3) is 0 Å². The Bertz CT molecular complexity index is 714. The van der Waals surface area contributed by atoms with E-state index in [1.165, 1.54) is 4.90 Å². The zero-order chi connectivity index (χ0) is 18.2. The summed E-state index contributed by atoms with van der Waals surface area (Å²) in [5.41, 5.74) is 6.59. The number of ether oxygens (including phenoxy) is 1. The summed E-state index contributed by atoms with van der Waals surface area (Å²) in [6.07, 6.45) is -0.372. The van der Waals surface area contributed by atoms with E-state index >= 15 is 0 Å². The number of amides is 1. The van der Waals surface area contributed by atoms with E-state index in [1.54, 1.807) is 0 Å². The van der Waals surface area contributed by atoms with Gasteiger partial charge in [0.2, 0.25) is 0 Å². The van der Waals surface area contributed by atoms with E-state index in [-0.39, 0.29) is 42.7 Å². The summed E-state index contributed by atoms with van der Waals surface area (Å²) >= 11 is 2.93. The Morgan fingerprint density at radius 1 is 1.12 bits per heavy atom. The van der Waals surface area contributed by atoms with Crippen molar-refractivity contribution >= 4 is 22.0 Å². The van der Waals surface area contributed by atoms with Gasteiger partial charge in [-0.3, -0.25) is 0 Å². The quantitative estimate of drug-likeness (QED) is 0.702. The molecule has 4 nitrogen and oxygen atoms in total. The summed E-state index contributed by atoms with van der Waals surface area (Å²) in [6.45, 7) is 0.844. The monoisotopic (exact) mass is 412 g/mol. The van der Waals surface area contributed by atoms with E-state index in [2.05, 4.69) is 15.9 Å². The average molecular weight is 413 g/mol. The molecule has 0 atom stereocenters. The van der Waals surface area contributed by atoms with E-state index in [0.717, 1.165) is 17.7 Å². The molecule has 0 fully saturated rings. The van der Waals surface area contributed by atoms with Gasteiger partial charge < -0.3 is 15.4 Å². The summed E-state index contributed by atoms with van der Waals surface area (Å²) in [5, 5.41) is 0. The van der Waals surface area contributed by atoms with Gasteiger partial charge in [-0.15, -0.1) is 0 Å². The Balaban J connectivity index is 1.95. The van der Waals surface area contributed by atoms with Crippen LogP contribution >= 0.6 is 15.9 Å². The second-order valence-electron chi connectivity index (χ2n) is 5.42. The van der Waals surface area contributed by atoms with Crippen LogP contribution in [0.5, 0.6) is 0 Å². The number of rotatable bonds is 7. The lowest BCUT2D eigenvalue weighted by molar-refractivity contribution is 0.0974. The Morgan fingerprint density at radius 2 is 1.84 bits per heavy atom. The Hall–Kier alpha value is -1.99. The molecule has 2 N–H and O–H groups in total. The van der Waals surface area contributed by atoms with Crippen LogP contribution in [-0.2, 0) is 17.8 Å². The molecule has 0 aliphatic carbocycles. The summed E-state index contributed by atoms with van der Waals surface area (Å²) in [6, 6.07) is 11.5. The van der Waals surface area contributed by atoms with Crippen LogP contribution in [0.15, 0.2) is 46.9 Å². The zero-order valence-corrected chi connectivity index (χ0v) is 15.1. The fourth-order valence-electron chi connectivity index (χ4n) is 2.27. The summed E-state index contributed by atoms with van der Waals surface area (Å²) < 4.78 is 32.8. The van der Waals surface area contributed by atoms with E-state index in [4.69, 9.17) is 10.5 Å². The predicted octanol–water partition coefficient (Wildman–Crippen LogP) is 3.87. The second-order valence-corrected chi connectivity index (χ2v) is 6.28.